The van der Waals surface area contributed by atoms with Crippen molar-refractivity contribution in [3.63, 3.8) is 0 Å². The first kappa shape index (κ1) is 15.0. The highest BCUT2D eigenvalue weighted by Gasteiger charge is 2.23. The number of aromatic nitrogens is 2. The van der Waals surface area contributed by atoms with Crippen molar-refractivity contribution < 1.29 is 14.3 Å². The smallest absolute Gasteiger partial charge is 0.274 e. The van der Waals surface area contributed by atoms with E-state index in [1.165, 1.54) is 11.3 Å². The van der Waals surface area contributed by atoms with Crippen LogP contribution in [0, 0.1) is 0 Å². The molecule has 0 unspecified atom stereocenters. The molecule has 7 heteroatoms. The third-order valence-electron chi connectivity index (χ3n) is 4.06. The van der Waals surface area contributed by atoms with Crippen LogP contribution in [0.25, 0.3) is 4.96 Å². The van der Waals surface area contributed by atoms with E-state index in [9.17, 15) is 4.79 Å². The zero-order valence-electron chi connectivity index (χ0n) is 13.3. The Morgan fingerprint density at radius 1 is 1.42 bits per heavy atom. The van der Waals surface area contributed by atoms with Crippen molar-refractivity contribution in [2.45, 2.75) is 13.0 Å². The maximum Gasteiger partial charge on any atom is 0.274 e. The fraction of sp³-hybridized carbons (Fsp3) is 0.294. The maximum absolute atomic E-state index is 12.9. The molecule has 24 heavy (non-hydrogen) atoms. The Bertz CT molecular complexity index is 858. The van der Waals surface area contributed by atoms with E-state index >= 15 is 0 Å². The molecule has 0 atom stereocenters. The summed E-state index contributed by atoms with van der Waals surface area (Å²) in [6, 6.07) is 5.75. The third-order valence-corrected chi connectivity index (χ3v) is 4.83. The Morgan fingerprint density at radius 3 is 3.17 bits per heavy atom. The van der Waals surface area contributed by atoms with Gasteiger partial charge in [-0.25, -0.2) is 4.98 Å². The number of methoxy groups -OCH3 is 1. The molecule has 1 aliphatic rings. The minimum atomic E-state index is -0.0541. The summed E-state index contributed by atoms with van der Waals surface area (Å²) < 4.78 is 13.1. The molecule has 1 aliphatic heterocycles. The summed E-state index contributed by atoms with van der Waals surface area (Å²) in [7, 11) is 1.62. The van der Waals surface area contributed by atoms with Crippen molar-refractivity contribution >= 4 is 22.2 Å². The molecule has 0 aliphatic carbocycles. The SMILES string of the molecule is COc1cccc2c1OCCCN(C(=O)c1cn3ccsc3n1)C2. The molecule has 0 spiro atoms. The number of para-hydroxylation sites is 1. The molecule has 1 amide bonds. The van der Waals surface area contributed by atoms with Crippen molar-refractivity contribution in [1.82, 2.24) is 14.3 Å². The normalized spacial score (nSPS) is 14.6. The Hall–Kier alpha value is -2.54. The minimum Gasteiger partial charge on any atom is -0.493 e. The second-order valence-electron chi connectivity index (χ2n) is 5.60. The predicted molar refractivity (Wildman–Crippen MR) is 90.9 cm³/mol. The minimum absolute atomic E-state index is 0.0541. The Morgan fingerprint density at radius 2 is 2.33 bits per heavy atom. The molecular weight excluding hydrogens is 326 g/mol. The van der Waals surface area contributed by atoms with Crippen molar-refractivity contribution in [3.05, 3.63) is 47.2 Å². The van der Waals surface area contributed by atoms with Gasteiger partial charge in [-0.3, -0.25) is 9.20 Å². The molecular formula is C17H17N3O3S. The van der Waals surface area contributed by atoms with Crippen molar-refractivity contribution in [1.29, 1.82) is 0 Å². The van der Waals surface area contributed by atoms with E-state index in [1.54, 1.807) is 13.3 Å². The molecule has 2 aromatic heterocycles. The van der Waals surface area contributed by atoms with E-state index in [0.717, 1.165) is 22.7 Å². The van der Waals surface area contributed by atoms with Gasteiger partial charge in [-0.2, -0.15) is 0 Å². The van der Waals surface area contributed by atoms with Crippen LogP contribution in [0.5, 0.6) is 11.5 Å². The van der Waals surface area contributed by atoms with Crippen LogP contribution in [0.1, 0.15) is 22.5 Å². The number of ether oxygens (including phenoxy) is 2. The van der Waals surface area contributed by atoms with Crippen LogP contribution < -0.4 is 9.47 Å². The summed E-state index contributed by atoms with van der Waals surface area (Å²) in [5.74, 6) is 1.37. The molecule has 0 radical (unpaired) electrons. The summed E-state index contributed by atoms with van der Waals surface area (Å²) in [6.45, 7) is 1.67. The largest absolute Gasteiger partial charge is 0.493 e. The lowest BCUT2D eigenvalue weighted by Crippen LogP contribution is -2.34. The number of hydrogen-bond donors (Lipinski definition) is 0. The van der Waals surface area contributed by atoms with Crippen molar-refractivity contribution in [3.8, 4) is 11.5 Å². The molecule has 0 fully saturated rings. The lowest BCUT2D eigenvalue weighted by Gasteiger charge is -2.26. The molecule has 6 nitrogen and oxygen atoms in total. The Balaban J connectivity index is 1.65. The fourth-order valence-electron chi connectivity index (χ4n) is 2.89. The zero-order valence-corrected chi connectivity index (χ0v) is 14.1. The molecule has 3 aromatic rings. The first-order chi connectivity index (χ1) is 11.8. The van der Waals surface area contributed by atoms with Crippen LogP contribution in [0.15, 0.2) is 36.0 Å². The van der Waals surface area contributed by atoms with Crippen LogP contribution in [-0.2, 0) is 6.54 Å². The van der Waals surface area contributed by atoms with E-state index in [4.69, 9.17) is 9.47 Å². The number of amides is 1. The summed E-state index contributed by atoms with van der Waals surface area (Å²) in [5.41, 5.74) is 1.43. The first-order valence-corrected chi connectivity index (χ1v) is 8.64. The van der Waals surface area contributed by atoms with Gasteiger partial charge in [0.05, 0.1) is 13.7 Å². The van der Waals surface area contributed by atoms with E-state index < -0.39 is 0 Å². The number of imidazole rings is 1. The van der Waals surface area contributed by atoms with Gasteiger partial charge in [-0.05, 0) is 12.5 Å². The number of thiazole rings is 1. The summed E-state index contributed by atoms with van der Waals surface area (Å²) in [6.07, 6.45) is 4.46. The topological polar surface area (TPSA) is 56.1 Å². The average Bonchev–Trinajstić information content (AvgIpc) is 3.16. The third kappa shape index (κ3) is 2.60. The molecule has 4 rings (SSSR count). The average molecular weight is 343 g/mol. The van der Waals surface area contributed by atoms with Gasteiger partial charge in [0.2, 0.25) is 0 Å². The van der Waals surface area contributed by atoms with Gasteiger partial charge in [-0.15, -0.1) is 11.3 Å². The van der Waals surface area contributed by atoms with Crippen LogP contribution in [0.4, 0.5) is 0 Å². The van der Waals surface area contributed by atoms with Crippen LogP contribution in [-0.4, -0.2) is 40.5 Å². The second-order valence-corrected chi connectivity index (χ2v) is 6.47. The number of carbonyl (C=O) groups excluding carboxylic acids is 1. The van der Waals surface area contributed by atoms with Gasteiger partial charge >= 0.3 is 0 Å². The van der Waals surface area contributed by atoms with Crippen LogP contribution in [0.3, 0.4) is 0 Å². The molecule has 3 heterocycles. The van der Waals surface area contributed by atoms with E-state index in [2.05, 4.69) is 4.98 Å². The number of hydrogen-bond acceptors (Lipinski definition) is 5. The standard InChI is InChI=1S/C17H17N3O3S/c1-22-14-5-2-4-12-10-19(6-3-8-23-15(12)14)16(21)13-11-20-7-9-24-17(20)18-13/h2,4-5,7,9,11H,3,6,8,10H2,1H3. The maximum atomic E-state index is 12.9. The number of nitrogens with zero attached hydrogens (tertiary/aromatic N) is 3. The zero-order chi connectivity index (χ0) is 16.5. The van der Waals surface area contributed by atoms with Crippen LogP contribution in [0.2, 0.25) is 0 Å². The lowest BCUT2D eigenvalue weighted by molar-refractivity contribution is 0.0716. The molecule has 0 saturated heterocycles. The monoisotopic (exact) mass is 343 g/mol. The van der Waals surface area contributed by atoms with Gasteiger partial charge in [0, 0.05) is 36.4 Å². The quantitative estimate of drug-likeness (QED) is 0.718. The number of rotatable bonds is 2. The number of carbonyl (C=O) groups is 1. The van der Waals surface area contributed by atoms with Crippen molar-refractivity contribution in [2.75, 3.05) is 20.3 Å². The molecule has 0 saturated carbocycles. The first-order valence-electron chi connectivity index (χ1n) is 7.76. The predicted octanol–water partition coefficient (Wildman–Crippen LogP) is 2.83. The summed E-state index contributed by atoms with van der Waals surface area (Å²) in [5, 5.41) is 1.95. The van der Waals surface area contributed by atoms with Gasteiger partial charge < -0.3 is 14.4 Å². The molecule has 0 bridgehead atoms. The van der Waals surface area contributed by atoms with Gasteiger partial charge in [0.25, 0.3) is 5.91 Å². The van der Waals surface area contributed by atoms with Gasteiger partial charge in [0.15, 0.2) is 16.5 Å². The molecule has 1 aromatic carbocycles. The van der Waals surface area contributed by atoms with E-state index in [0.29, 0.717) is 31.1 Å². The van der Waals surface area contributed by atoms with E-state index in [1.807, 2.05) is 39.1 Å². The number of benzene rings is 1. The highest BCUT2D eigenvalue weighted by Crippen LogP contribution is 2.33. The fourth-order valence-corrected chi connectivity index (χ4v) is 3.59. The second kappa shape index (κ2) is 6.16. The van der Waals surface area contributed by atoms with Crippen molar-refractivity contribution in [2.24, 2.45) is 0 Å². The molecule has 0 N–H and O–H groups in total. The lowest BCUT2D eigenvalue weighted by atomic mass is 10.1. The van der Waals surface area contributed by atoms with Gasteiger partial charge in [0.1, 0.15) is 5.69 Å². The highest BCUT2D eigenvalue weighted by atomic mass is 32.1. The van der Waals surface area contributed by atoms with Crippen LogP contribution >= 0.6 is 11.3 Å². The highest BCUT2D eigenvalue weighted by molar-refractivity contribution is 7.15. The van der Waals surface area contributed by atoms with Gasteiger partial charge in [-0.1, -0.05) is 12.1 Å². The molecule has 124 valence electrons. The van der Waals surface area contributed by atoms with E-state index in [-0.39, 0.29) is 5.91 Å². The Labute approximate surface area is 143 Å². The summed E-state index contributed by atoms with van der Waals surface area (Å²) >= 11 is 1.52. The number of fused-ring (bicyclic) bond motifs is 2. The Kier molecular flexibility index (Phi) is 3.86. The summed E-state index contributed by atoms with van der Waals surface area (Å²) in [4.78, 5) is 20.0.